The van der Waals surface area contributed by atoms with Crippen LogP contribution in [-0.2, 0) is 35.5 Å². The molecule has 1 aromatic carbocycles. The van der Waals surface area contributed by atoms with Crippen LogP contribution in [0.25, 0.3) is 5.00 Å². The Balaban J connectivity index is 1.41. The number of nitrogens with zero attached hydrogens (tertiary/aromatic N) is 2. The summed E-state index contributed by atoms with van der Waals surface area (Å²) in [7, 11) is 0. The van der Waals surface area contributed by atoms with Crippen LogP contribution in [0, 0.1) is 0 Å². The number of carbonyl (C=O) groups excluding carboxylic acids is 2. The van der Waals surface area contributed by atoms with Crippen molar-refractivity contribution >= 4 is 29.0 Å². The van der Waals surface area contributed by atoms with Gasteiger partial charge in [0.1, 0.15) is 5.00 Å². The van der Waals surface area contributed by atoms with Crippen molar-refractivity contribution in [3.05, 3.63) is 70.4 Å². The summed E-state index contributed by atoms with van der Waals surface area (Å²) in [6.45, 7) is 7.88. The van der Waals surface area contributed by atoms with Crippen molar-refractivity contribution in [1.29, 1.82) is 0 Å². The zero-order chi connectivity index (χ0) is 23.2. The highest BCUT2D eigenvalue weighted by Gasteiger charge is 2.24. The Morgan fingerprint density at radius 2 is 1.88 bits per heavy atom. The van der Waals surface area contributed by atoms with Crippen molar-refractivity contribution < 1.29 is 14.3 Å². The Hall–Kier alpha value is -3.10. The Morgan fingerprint density at radius 1 is 1.12 bits per heavy atom. The summed E-state index contributed by atoms with van der Waals surface area (Å²) < 4.78 is 7.11. The van der Waals surface area contributed by atoms with E-state index < -0.39 is 0 Å². The van der Waals surface area contributed by atoms with Gasteiger partial charge in [0.2, 0.25) is 0 Å². The number of likely N-dealkylation sites (N-methyl/N-ethyl adjacent to an activating group) is 1. The largest absolute Gasteiger partial charge is 0.466 e. The minimum Gasteiger partial charge on any atom is -0.466 e. The molecule has 33 heavy (non-hydrogen) atoms. The van der Waals surface area contributed by atoms with Gasteiger partial charge in [0.05, 0.1) is 13.0 Å². The minimum atomic E-state index is -0.254. The average Bonchev–Trinajstić information content (AvgIpc) is 3.46. The lowest BCUT2D eigenvalue weighted by Crippen LogP contribution is -2.31. The van der Waals surface area contributed by atoms with Crippen LogP contribution in [-0.4, -0.2) is 41.2 Å². The molecule has 0 bridgehead atoms. The third kappa shape index (κ3) is 5.64. The van der Waals surface area contributed by atoms with Gasteiger partial charge in [-0.2, -0.15) is 0 Å². The number of urea groups is 1. The summed E-state index contributed by atoms with van der Waals surface area (Å²) in [6.07, 6.45) is 5.33. The second-order valence-electron chi connectivity index (χ2n) is 7.98. The SMILES string of the molecule is CCOC(=O)Cc1ccc(NC(=O)NCc2c(-n3cccc3)sc3c2CCN(CC)C3)cc1. The van der Waals surface area contributed by atoms with E-state index in [0.717, 1.165) is 31.6 Å². The molecular weight excluding hydrogens is 436 g/mol. The van der Waals surface area contributed by atoms with E-state index >= 15 is 0 Å². The molecule has 2 N–H and O–H groups in total. The van der Waals surface area contributed by atoms with Crippen LogP contribution in [0.3, 0.4) is 0 Å². The molecule has 1 aliphatic rings. The van der Waals surface area contributed by atoms with Gasteiger partial charge in [0, 0.05) is 48.2 Å². The first-order chi connectivity index (χ1) is 16.1. The number of hydrogen-bond donors (Lipinski definition) is 2. The Bertz CT molecular complexity index is 1090. The summed E-state index contributed by atoms with van der Waals surface area (Å²) in [5.41, 5.74) is 4.09. The molecule has 0 saturated heterocycles. The topological polar surface area (TPSA) is 75.6 Å². The maximum atomic E-state index is 12.6. The molecule has 174 valence electrons. The first-order valence-electron chi connectivity index (χ1n) is 11.4. The van der Waals surface area contributed by atoms with Gasteiger partial charge in [-0.05, 0) is 55.3 Å². The molecule has 0 aliphatic carbocycles. The van der Waals surface area contributed by atoms with E-state index in [0.29, 0.717) is 18.8 Å². The monoisotopic (exact) mass is 466 g/mol. The van der Waals surface area contributed by atoms with E-state index in [1.165, 1.54) is 21.0 Å². The van der Waals surface area contributed by atoms with Gasteiger partial charge in [-0.15, -0.1) is 11.3 Å². The minimum absolute atomic E-state index is 0.223. The molecule has 0 unspecified atom stereocenters. The molecule has 7 nitrogen and oxygen atoms in total. The molecule has 0 radical (unpaired) electrons. The number of esters is 1. The molecule has 2 amide bonds. The van der Waals surface area contributed by atoms with Gasteiger partial charge in [0.25, 0.3) is 0 Å². The fraction of sp³-hybridized carbons (Fsp3) is 0.360. The molecule has 0 atom stereocenters. The Morgan fingerprint density at radius 3 is 2.58 bits per heavy atom. The summed E-state index contributed by atoms with van der Waals surface area (Å²) in [4.78, 5) is 28.1. The number of aromatic nitrogens is 1. The molecule has 0 spiro atoms. The van der Waals surface area contributed by atoms with Crippen molar-refractivity contribution in [3.63, 3.8) is 0 Å². The number of benzene rings is 1. The van der Waals surface area contributed by atoms with E-state index in [9.17, 15) is 9.59 Å². The standard InChI is InChI=1S/C25H30N4O3S/c1-3-28-14-11-20-21(24(33-22(20)17-28)29-12-5-6-13-29)16-26-25(31)27-19-9-7-18(8-10-19)15-23(30)32-4-2/h5-10,12-13H,3-4,11,14-17H2,1-2H3,(H2,26,27,31). The zero-order valence-corrected chi connectivity index (χ0v) is 19.9. The molecule has 4 rings (SSSR count). The van der Waals surface area contributed by atoms with Crippen LogP contribution in [0.15, 0.2) is 48.8 Å². The number of carbonyl (C=O) groups is 2. The van der Waals surface area contributed by atoms with Crippen LogP contribution in [0.4, 0.5) is 10.5 Å². The maximum Gasteiger partial charge on any atom is 0.319 e. The number of amides is 2. The lowest BCUT2D eigenvalue weighted by Gasteiger charge is -2.25. The highest BCUT2D eigenvalue weighted by Crippen LogP contribution is 2.35. The molecule has 8 heteroatoms. The quantitative estimate of drug-likeness (QED) is 0.484. The summed E-state index contributed by atoms with van der Waals surface area (Å²) >= 11 is 1.82. The number of thiophene rings is 1. The summed E-state index contributed by atoms with van der Waals surface area (Å²) in [6, 6.07) is 11.0. The first-order valence-corrected chi connectivity index (χ1v) is 12.2. The van der Waals surface area contributed by atoms with E-state index in [1.807, 2.05) is 35.6 Å². The molecule has 3 heterocycles. The summed E-state index contributed by atoms with van der Waals surface area (Å²) in [5.74, 6) is -0.254. The normalized spacial score (nSPS) is 13.4. The van der Waals surface area contributed by atoms with Gasteiger partial charge in [-0.3, -0.25) is 9.69 Å². The number of rotatable bonds is 8. The zero-order valence-electron chi connectivity index (χ0n) is 19.1. The number of nitrogens with one attached hydrogen (secondary N) is 2. The highest BCUT2D eigenvalue weighted by molar-refractivity contribution is 7.14. The predicted octanol–water partition coefficient (Wildman–Crippen LogP) is 4.34. The molecular formula is C25H30N4O3S. The predicted molar refractivity (Wildman–Crippen MR) is 131 cm³/mol. The Kier molecular flexibility index (Phi) is 7.47. The van der Waals surface area contributed by atoms with E-state index in [4.69, 9.17) is 4.74 Å². The van der Waals surface area contributed by atoms with Crippen LogP contribution in [0.5, 0.6) is 0 Å². The van der Waals surface area contributed by atoms with Gasteiger partial charge in [-0.1, -0.05) is 19.1 Å². The lowest BCUT2D eigenvalue weighted by atomic mass is 10.0. The Labute approximate surface area is 198 Å². The van der Waals surface area contributed by atoms with Crippen LogP contribution in [0.1, 0.15) is 35.4 Å². The number of fused-ring (bicyclic) bond motifs is 1. The number of hydrogen-bond acceptors (Lipinski definition) is 5. The van der Waals surface area contributed by atoms with E-state index in [-0.39, 0.29) is 18.4 Å². The molecule has 3 aromatic rings. The van der Waals surface area contributed by atoms with Gasteiger partial charge in [-0.25, -0.2) is 4.79 Å². The molecule has 1 aliphatic heterocycles. The molecule has 2 aromatic heterocycles. The van der Waals surface area contributed by atoms with E-state index in [2.05, 4.69) is 39.4 Å². The highest BCUT2D eigenvalue weighted by atomic mass is 32.1. The van der Waals surface area contributed by atoms with Crippen LogP contribution in [0.2, 0.25) is 0 Å². The third-order valence-corrected chi connectivity index (χ3v) is 7.07. The lowest BCUT2D eigenvalue weighted by molar-refractivity contribution is -0.142. The van der Waals surface area contributed by atoms with Crippen molar-refractivity contribution in [2.45, 2.75) is 39.8 Å². The van der Waals surface area contributed by atoms with Crippen molar-refractivity contribution in [3.8, 4) is 5.00 Å². The fourth-order valence-electron chi connectivity index (χ4n) is 4.07. The van der Waals surface area contributed by atoms with Gasteiger partial charge in [0.15, 0.2) is 0 Å². The van der Waals surface area contributed by atoms with Gasteiger partial charge >= 0.3 is 12.0 Å². The summed E-state index contributed by atoms with van der Waals surface area (Å²) in [5, 5.41) is 7.09. The average molecular weight is 467 g/mol. The van der Waals surface area contributed by atoms with E-state index in [1.54, 1.807) is 19.1 Å². The number of ether oxygens (including phenoxy) is 1. The fourth-order valence-corrected chi connectivity index (χ4v) is 5.44. The van der Waals surface area contributed by atoms with Gasteiger partial charge < -0.3 is 19.9 Å². The smallest absolute Gasteiger partial charge is 0.319 e. The van der Waals surface area contributed by atoms with Crippen molar-refractivity contribution in [1.82, 2.24) is 14.8 Å². The second-order valence-corrected chi connectivity index (χ2v) is 9.07. The van der Waals surface area contributed by atoms with Crippen molar-refractivity contribution in [2.24, 2.45) is 0 Å². The van der Waals surface area contributed by atoms with Crippen LogP contribution >= 0.6 is 11.3 Å². The van der Waals surface area contributed by atoms with Crippen molar-refractivity contribution in [2.75, 3.05) is 25.0 Å². The third-order valence-electron chi connectivity index (χ3n) is 5.80. The number of anilines is 1. The second kappa shape index (κ2) is 10.7. The van der Waals surface area contributed by atoms with Crippen LogP contribution < -0.4 is 10.6 Å². The molecule has 0 fully saturated rings. The molecule has 0 saturated carbocycles. The first kappa shape index (κ1) is 23.1. The maximum absolute atomic E-state index is 12.6.